The van der Waals surface area contributed by atoms with Crippen LogP contribution >= 0.6 is 23.2 Å². The zero-order valence-electron chi connectivity index (χ0n) is 10.7. The number of nitrogens with two attached hydrogens (primary N) is 1. The number of ether oxygens (including phenoxy) is 1. The predicted octanol–water partition coefficient (Wildman–Crippen LogP) is 4.15. The van der Waals surface area contributed by atoms with Crippen LogP contribution in [0.5, 0.6) is 5.75 Å². The Morgan fingerprint density at radius 1 is 1.00 bits per heavy atom. The van der Waals surface area contributed by atoms with E-state index in [4.69, 9.17) is 29.0 Å². The Morgan fingerprint density at radius 2 is 1.67 bits per heavy atom. The van der Waals surface area contributed by atoms with E-state index in [1.165, 1.54) is 6.07 Å². The normalized spacial score (nSPS) is 12.5. The highest BCUT2D eigenvalue weighted by atomic mass is 35.5. The van der Waals surface area contributed by atoms with Crippen molar-refractivity contribution >= 4 is 23.2 Å². The maximum atomic E-state index is 12.5. The van der Waals surface area contributed by atoms with Gasteiger partial charge in [-0.3, -0.25) is 5.84 Å². The minimum Gasteiger partial charge on any atom is -0.434 e. The number of halogens is 4. The molecule has 2 aromatic carbocycles. The van der Waals surface area contributed by atoms with Crippen molar-refractivity contribution in [3.05, 3.63) is 63.6 Å². The average Bonchev–Trinajstić information content (AvgIpc) is 2.45. The van der Waals surface area contributed by atoms with Crippen molar-refractivity contribution in [3.8, 4) is 5.75 Å². The standard InChI is InChI=1S/C14H12Cl2F2N2O/c15-10-6-3-5-9(12(10)16)13(20-19)8-4-1-2-7-11(8)21-14(17)18/h1-7,13-14,20H,19H2. The van der Waals surface area contributed by atoms with Crippen LogP contribution in [0.4, 0.5) is 8.78 Å². The third-order valence-electron chi connectivity index (χ3n) is 2.91. The molecule has 0 spiro atoms. The molecule has 3 nitrogen and oxygen atoms in total. The van der Waals surface area contributed by atoms with Crippen molar-refractivity contribution in [2.45, 2.75) is 12.7 Å². The van der Waals surface area contributed by atoms with Crippen molar-refractivity contribution < 1.29 is 13.5 Å². The Hall–Kier alpha value is -1.40. The van der Waals surface area contributed by atoms with Crippen molar-refractivity contribution in [2.24, 2.45) is 5.84 Å². The van der Waals surface area contributed by atoms with Gasteiger partial charge in [0.15, 0.2) is 0 Å². The largest absolute Gasteiger partial charge is 0.434 e. The number of nitrogens with one attached hydrogen (secondary N) is 1. The Balaban J connectivity index is 2.49. The zero-order valence-corrected chi connectivity index (χ0v) is 12.2. The molecule has 0 aromatic heterocycles. The van der Waals surface area contributed by atoms with E-state index in [1.54, 1.807) is 36.4 Å². The molecule has 2 aromatic rings. The molecule has 0 bridgehead atoms. The van der Waals surface area contributed by atoms with Crippen LogP contribution in [0.1, 0.15) is 17.2 Å². The molecule has 0 amide bonds. The number of alkyl halides is 2. The average molecular weight is 333 g/mol. The van der Waals surface area contributed by atoms with Crippen LogP contribution < -0.4 is 16.0 Å². The first-order valence-corrected chi connectivity index (χ1v) is 6.74. The van der Waals surface area contributed by atoms with E-state index in [0.717, 1.165) is 0 Å². The molecule has 21 heavy (non-hydrogen) atoms. The Bertz CT molecular complexity index is 626. The highest BCUT2D eigenvalue weighted by Gasteiger charge is 2.21. The molecule has 0 aliphatic rings. The van der Waals surface area contributed by atoms with Gasteiger partial charge in [0, 0.05) is 5.56 Å². The Morgan fingerprint density at radius 3 is 2.33 bits per heavy atom. The second-order valence-electron chi connectivity index (χ2n) is 4.16. The van der Waals surface area contributed by atoms with Crippen molar-refractivity contribution in [3.63, 3.8) is 0 Å². The molecule has 0 saturated carbocycles. The third-order valence-corrected chi connectivity index (χ3v) is 3.74. The van der Waals surface area contributed by atoms with Crippen LogP contribution in [0.3, 0.4) is 0 Å². The van der Waals surface area contributed by atoms with Gasteiger partial charge in [-0.2, -0.15) is 8.78 Å². The topological polar surface area (TPSA) is 47.3 Å². The van der Waals surface area contributed by atoms with Gasteiger partial charge < -0.3 is 4.74 Å². The minimum atomic E-state index is -2.93. The van der Waals surface area contributed by atoms with Crippen LogP contribution in [-0.4, -0.2) is 6.61 Å². The van der Waals surface area contributed by atoms with Gasteiger partial charge >= 0.3 is 6.61 Å². The van der Waals surface area contributed by atoms with E-state index in [1.807, 2.05) is 0 Å². The van der Waals surface area contributed by atoms with E-state index in [-0.39, 0.29) is 5.75 Å². The zero-order chi connectivity index (χ0) is 15.4. The second kappa shape index (κ2) is 7.04. The highest BCUT2D eigenvalue weighted by molar-refractivity contribution is 6.42. The maximum absolute atomic E-state index is 12.5. The molecule has 1 atom stereocenters. The molecule has 0 fully saturated rings. The summed E-state index contributed by atoms with van der Waals surface area (Å²) in [7, 11) is 0. The first-order chi connectivity index (χ1) is 10.0. The molecular formula is C14H12Cl2F2N2O. The molecule has 112 valence electrons. The highest BCUT2D eigenvalue weighted by Crippen LogP contribution is 2.36. The summed E-state index contributed by atoms with van der Waals surface area (Å²) in [6.07, 6.45) is 0. The summed E-state index contributed by atoms with van der Waals surface area (Å²) < 4.78 is 29.5. The summed E-state index contributed by atoms with van der Waals surface area (Å²) in [6, 6.07) is 10.7. The molecule has 0 aliphatic heterocycles. The SMILES string of the molecule is NNC(c1ccccc1OC(F)F)c1cccc(Cl)c1Cl. The molecule has 0 radical (unpaired) electrons. The molecule has 7 heteroatoms. The molecule has 0 saturated heterocycles. The molecular weight excluding hydrogens is 321 g/mol. The van der Waals surface area contributed by atoms with Gasteiger partial charge in [-0.05, 0) is 17.7 Å². The fraction of sp³-hybridized carbons (Fsp3) is 0.143. The number of rotatable bonds is 5. The fourth-order valence-electron chi connectivity index (χ4n) is 2.01. The lowest BCUT2D eigenvalue weighted by Crippen LogP contribution is -2.29. The number of hydrogen-bond acceptors (Lipinski definition) is 3. The van der Waals surface area contributed by atoms with Crippen molar-refractivity contribution in [1.29, 1.82) is 0 Å². The lowest BCUT2D eigenvalue weighted by molar-refractivity contribution is -0.0506. The van der Waals surface area contributed by atoms with Gasteiger partial charge in [0.05, 0.1) is 16.1 Å². The minimum absolute atomic E-state index is 0.0199. The molecule has 0 aliphatic carbocycles. The van der Waals surface area contributed by atoms with Gasteiger partial charge in [-0.1, -0.05) is 53.5 Å². The quantitative estimate of drug-likeness (QED) is 0.638. The summed E-state index contributed by atoms with van der Waals surface area (Å²) >= 11 is 12.1. The smallest absolute Gasteiger partial charge is 0.387 e. The molecule has 3 N–H and O–H groups in total. The van der Waals surface area contributed by atoms with E-state index in [2.05, 4.69) is 10.2 Å². The van der Waals surface area contributed by atoms with Gasteiger partial charge in [0.2, 0.25) is 0 Å². The monoisotopic (exact) mass is 332 g/mol. The Kier molecular flexibility index (Phi) is 5.36. The third kappa shape index (κ3) is 3.63. The van der Waals surface area contributed by atoms with Gasteiger partial charge in [-0.25, -0.2) is 5.43 Å². The van der Waals surface area contributed by atoms with Crippen LogP contribution in [0, 0.1) is 0 Å². The second-order valence-corrected chi connectivity index (χ2v) is 4.94. The van der Waals surface area contributed by atoms with Gasteiger partial charge in [-0.15, -0.1) is 0 Å². The van der Waals surface area contributed by atoms with Gasteiger partial charge in [0.25, 0.3) is 0 Å². The fourth-order valence-corrected chi connectivity index (χ4v) is 2.43. The predicted molar refractivity (Wildman–Crippen MR) is 78.7 cm³/mol. The number of hydrazine groups is 1. The number of hydrogen-bond donors (Lipinski definition) is 2. The van der Waals surface area contributed by atoms with E-state index >= 15 is 0 Å². The van der Waals surface area contributed by atoms with Crippen LogP contribution in [-0.2, 0) is 0 Å². The summed E-state index contributed by atoms with van der Waals surface area (Å²) in [5, 5.41) is 0.649. The summed E-state index contributed by atoms with van der Waals surface area (Å²) in [5.74, 6) is 5.58. The van der Waals surface area contributed by atoms with Crippen molar-refractivity contribution in [2.75, 3.05) is 0 Å². The summed E-state index contributed by atoms with van der Waals surface area (Å²) in [4.78, 5) is 0. The van der Waals surface area contributed by atoms with Crippen LogP contribution in [0.15, 0.2) is 42.5 Å². The number of para-hydroxylation sites is 1. The van der Waals surface area contributed by atoms with E-state index in [9.17, 15) is 8.78 Å². The molecule has 1 unspecified atom stereocenters. The lowest BCUT2D eigenvalue weighted by Gasteiger charge is -2.21. The van der Waals surface area contributed by atoms with E-state index < -0.39 is 12.7 Å². The molecule has 2 rings (SSSR count). The maximum Gasteiger partial charge on any atom is 0.387 e. The summed E-state index contributed by atoms with van der Waals surface area (Å²) in [6.45, 7) is -2.93. The van der Waals surface area contributed by atoms with Crippen LogP contribution in [0.2, 0.25) is 10.0 Å². The van der Waals surface area contributed by atoms with Crippen LogP contribution in [0.25, 0.3) is 0 Å². The molecule has 0 heterocycles. The first-order valence-electron chi connectivity index (χ1n) is 5.98. The lowest BCUT2D eigenvalue weighted by atomic mass is 9.98. The van der Waals surface area contributed by atoms with E-state index in [0.29, 0.717) is 21.2 Å². The Labute approximate surface area is 130 Å². The van der Waals surface area contributed by atoms with Crippen molar-refractivity contribution in [1.82, 2.24) is 5.43 Å². The van der Waals surface area contributed by atoms with Gasteiger partial charge in [0.1, 0.15) is 5.75 Å². The summed E-state index contributed by atoms with van der Waals surface area (Å²) in [5.41, 5.74) is 3.55. The number of benzene rings is 2. The first kappa shape index (κ1) is 16.0.